The molecule has 2 amide bonds. The van der Waals surface area contributed by atoms with Gasteiger partial charge in [0.15, 0.2) is 0 Å². The van der Waals surface area contributed by atoms with Crippen LogP contribution in [0.4, 0.5) is 5.69 Å². The van der Waals surface area contributed by atoms with E-state index in [-0.39, 0.29) is 11.8 Å². The number of carbonyl (C=O) groups is 2. The minimum absolute atomic E-state index is 0.0673. The van der Waals surface area contributed by atoms with Gasteiger partial charge in [0.2, 0.25) is 11.8 Å². The van der Waals surface area contributed by atoms with Crippen molar-refractivity contribution in [2.75, 3.05) is 11.9 Å². The molecular weight excluding hydrogens is 350 g/mol. The molecule has 1 aliphatic heterocycles. The van der Waals surface area contributed by atoms with Gasteiger partial charge in [-0.1, -0.05) is 30.3 Å². The molecule has 28 heavy (non-hydrogen) atoms. The second-order valence-electron chi connectivity index (χ2n) is 7.65. The summed E-state index contributed by atoms with van der Waals surface area (Å²) in [6.07, 6.45) is 9.24. The number of allylic oxidation sites excluding steroid dienone is 1. The van der Waals surface area contributed by atoms with Gasteiger partial charge in [0.05, 0.1) is 5.41 Å². The smallest absolute Gasteiger partial charge is 0.234 e. The summed E-state index contributed by atoms with van der Waals surface area (Å²) in [5.74, 6) is 0.161. The molecule has 1 fully saturated rings. The monoisotopic (exact) mass is 375 g/mol. The first kappa shape index (κ1) is 18.4. The Bertz CT molecular complexity index is 895. The zero-order valence-electron chi connectivity index (χ0n) is 16.2. The average molecular weight is 375 g/mol. The van der Waals surface area contributed by atoms with Crippen LogP contribution in [0.1, 0.15) is 37.7 Å². The molecule has 1 aromatic carbocycles. The maximum atomic E-state index is 13.7. The zero-order chi connectivity index (χ0) is 19.6. The van der Waals surface area contributed by atoms with Crippen molar-refractivity contribution in [3.8, 4) is 0 Å². The molecule has 5 heteroatoms. The molecule has 2 aliphatic rings. The van der Waals surface area contributed by atoms with Gasteiger partial charge in [-0.3, -0.25) is 19.5 Å². The zero-order valence-corrected chi connectivity index (χ0v) is 16.2. The van der Waals surface area contributed by atoms with Gasteiger partial charge in [0.1, 0.15) is 0 Å². The summed E-state index contributed by atoms with van der Waals surface area (Å²) in [4.78, 5) is 34.2. The Morgan fingerprint density at radius 3 is 2.75 bits per heavy atom. The van der Waals surface area contributed by atoms with Crippen LogP contribution in [-0.4, -0.2) is 28.7 Å². The molecule has 0 bridgehead atoms. The Morgan fingerprint density at radius 2 is 2.00 bits per heavy atom. The first-order valence-electron chi connectivity index (χ1n) is 9.85. The molecule has 1 atom stereocenters. The van der Waals surface area contributed by atoms with Crippen molar-refractivity contribution in [2.45, 2.75) is 38.6 Å². The Labute approximate surface area is 165 Å². The van der Waals surface area contributed by atoms with Crippen LogP contribution >= 0.6 is 0 Å². The minimum Gasteiger partial charge on any atom is -0.341 e. The molecule has 144 valence electrons. The molecule has 0 spiro atoms. The highest BCUT2D eigenvalue weighted by atomic mass is 16.2. The number of carbonyl (C=O) groups excluding carboxylic acids is 2. The predicted octanol–water partition coefficient (Wildman–Crippen LogP) is 3.92. The molecule has 1 aliphatic carbocycles. The van der Waals surface area contributed by atoms with E-state index in [1.807, 2.05) is 49.5 Å². The second-order valence-corrected chi connectivity index (χ2v) is 7.65. The van der Waals surface area contributed by atoms with E-state index in [9.17, 15) is 9.59 Å². The van der Waals surface area contributed by atoms with Gasteiger partial charge in [-0.15, -0.1) is 0 Å². The number of piperidine rings is 1. The molecule has 0 radical (unpaired) electrons. The number of fused-ring (bicyclic) bond motifs is 1. The maximum Gasteiger partial charge on any atom is 0.234 e. The first-order chi connectivity index (χ1) is 13.6. The van der Waals surface area contributed by atoms with Crippen LogP contribution in [0, 0.1) is 5.41 Å². The lowest BCUT2D eigenvalue weighted by molar-refractivity contribution is -0.142. The van der Waals surface area contributed by atoms with Gasteiger partial charge >= 0.3 is 0 Å². The van der Waals surface area contributed by atoms with Gasteiger partial charge in [-0.2, -0.15) is 0 Å². The van der Waals surface area contributed by atoms with Crippen molar-refractivity contribution < 1.29 is 9.59 Å². The number of anilines is 1. The largest absolute Gasteiger partial charge is 0.341 e. The van der Waals surface area contributed by atoms with Crippen LogP contribution in [0.5, 0.6) is 0 Å². The first-order valence-corrected chi connectivity index (χ1v) is 9.85. The molecular formula is C23H25N3O2. The number of hydrogen-bond acceptors (Lipinski definition) is 3. The van der Waals surface area contributed by atoms with E-state index < -0.39 is 5.41 Å². The molecule has 2 heterocycles. The average Bonchev–Trinajstić information content (AvgIpc) is 2.74. The molecule has 4 rings (SSSR count). The van der Waals surface area contributed by atoms with E-state index in [1.54, 1.807) is 22.2 Å². The summed E-state index contributed by atoms with van der Waals surface area (Å²) in [6, 6.07) is 13.5. The Balaban J connectivity index is 1.68. The van der Waals surface area contributed by atoms with Crippen LogP contribution in [0.15, 0.2) is 66.6 Å². The molecule has 1 saturated heterocycles. The van der Waals surface area contributed by atoms with Crippen molar-refractivity contribution in [3.63, 3.8) is 0 Å². The third-order valence-electron chi connectivity index (χ3n) is 5.80. The lowest BCUT2D eigenvalue weighted by atomic mass is 9.68. The number of amides is 2. The SMILES string of the molecule is CN(Cc1cccnc1)C(=O)[C@@]12CCCC=C1N(c1ccccc1)C(=O)CC2. The summed E-state index contributed by atoms with van der Waals surface area (Å²) in [7, 11) is 1.85. The molecule has 0 N–H and O–H groups in total. The van der Waals surface area contributed by atoms with Gasteiger partial charge in [-0.05, 0) is 49.4 Å². The number of para-hydroxylation sites is 1. The quantitative estimate of drug-likeness (QED) is 0.814. The van der Waals surface area contributed by atoms with Crippen molar-refractivity contribution in [1.82, 2.24) is 9.88 Å². The topological polar surface area (TPSA) is 53.5 Å². The second kappa shape index (κ2) is 7.58. The van der Waals surface area contributed by atoms with Crippen LogP contribution in [0.25, 0.3) is 0 Å². The van der Waals surface area contributed by atoms with E-state index in [0.29, 0.717) is 19.4 Å². The van der Waals surface area contributed by atoms with E-state index in [4.69, 9.17) is 0 Å². The van der Waals surface area contributed by atoms with Gasteiger partial charge in [0, 0.05) is 43.8 Å². The lowest BCUT2D eigenvalue weighted by Crippen LogP contribution is -2.53. The summed E-state index contributed by atoms with van der Waals surface area (Å²) < 4.78 is 0. The summed E-state index contributed by atoms with van der Waals surface area (Å²) in [5, 5.41) is 0. The minimum atomic E-state index is -0.626. The number of rotatable bonds is 4. The van der Waals surface area contributed by atoms with Crippen LogP contribution in [0.2, 0.25) is 0 Å². The van der Waals surface area contributed by atoms with Crippen molar-refractivity contribution in [1.29, 1.82) is 0 Å². The Hall–Kier alpha value is -2.95. The maximum absolute atomic E-state index is 13.7. The Morgan fingerprint density at radius 1 is 1.18 bits per heavy atom. The highest BCUT2D eigenvalue weighted by molar-refractivity contribution is 6.02. The van der Waals surface area contributed by atoms with E-state index in [1.165, 1.54) is 0 Å². The fourth-order valence-electron chi connectivity index (χ4n) is 4.48. The van der Waals surface area contributed by atoms with Crippen molar-refractivity contribution in [3.05, 3.63) is 72.2 Å². The summed E-state index contributed by atoms with van der Waals surface area (Å²) in [5.41, 5.74) is 2.08. The highest BCUT2D eigenvalue weighted by Gasteiger charge is 2.51. The molecule has 2 aromatic rings. The predicted molar refractivity (Wildman–Crippen MR) is 108 cm³/mol. The van der Waals surface area contributed by atoms with Gasteiger partial charge in [0.25, 0.3) is 0 Å². The highest BCUT2D eigenvalue weighted by Crippen LogP contribution is 2.49. The fourth-order valence-corrected chi connectivity index (χ4v) is 4.48. The number of aromatic nitrogens is 1. The summed E-state index contributed by atoms with van der Waals surface area (Å²) in [6.45, 7) is 0.515. The lowest BCUT2D eigenvalue weighted by Gasteiger charge is -2.47. The van der Waals surface area contributed by atoms with E-state index >= 15 is 0 Å². The van der Waals surface area contributed by atoms with Crippen molar-refractivity contribution in [2.24, 2.45) is 5.41 Å². The van der Waals surface area contributed by atoms with Crippen LogP contribution in [0.3, 0.4) is 0 Å². The standard InChI is InChI=1S/C23H25N3O2/c1-25(17-18-8-7-15-24-16-18)22(28)23-13-6-5-11-20(23)26(21(27)12-14-23)19-9-3-2-4-10-19/h2-4,7-11,15-16H,5-6,12-14,17H2,1H3/t23-/m1/s1. The third-order valence-corrected chi connectivity index (χ3v) is 5.80. The summed E-state index contributed by atoms with van der Waals surface area (Å²) >= 11 is 0. The van der Waals surface area contributed by atoms with Gasteiger partial charge < -0.3 is 4.90 Å². The van der Waals surface area contributed by atoms with Crippen molar-refractivity contribution >= 4 is 17.5 Å². The molecule has 5 nitrogen and oxygen atoms in total. The molecule has 0 saturated carbocycles. The van der Waals surface area contributed by atoms with Crippen LogP contribution < -0.4 is 4.90 Å². The number of nitrogens with zero attached hydrogens (tertiary/aromatic N) is 3. The molecule has 0 unspecified atom stereocenters. The molecule has 1 aromatic heterocycles. The van der Waals surface area contributed by atoms with Crippen LogP contribution in [-0.2, 0) is 16.1 Å². The fraction of sp³-hybridized carbons (Fsp3) is 0.348. The number of pyridine rings is 1. The van der Waals surface area contributed by atoms with E-state index in [0.717, 1.165) is 36.2 Å². The number of benzene rings is 1. The van der Waals surface area contributed by atoms with E-state index in [2.05, 4.69) is 11.1 Å². The number of hydrogen-bond donors (Lipinski definition) is 0. The normalized spacial score (nSPS) is 21.7. The Kier molecular flexibility index (Phi) is 4.99. The van der Waals surface area contributed by atoms with Gasteiger partial charge in [-0.25, -0.2) is 0 Å². The third kappa shape index (κ3) is 3.21.